The fourth-order valence-corrected chi connectivity index (χ4v) is 3.86. The van der Waals surface area contributed by atoms with Gasteiger partial charge < -0.3 is 9.64 Å². The summed E-state index contributed by atoms with van der Waals surface area (Å²) in [4.78, 5) is 15.3. The number of halogens is 1. The number of aromatic nitrogens is 2. The summed E-state index contributed by atoms with van der Waals surface area (Å²) in [5.74, 6) is -0.437. The number of carbonyl (C=O) groups excluding carboxylic acids is 1. The predicted octanol–water partition coefficient (Wildman–Crippen LogP) is 4.54. The van der Waals surface area contributed by atoms with E-state index in [1.165, 1.54) is 17.7 Å². The monoisotopic (exact) mass is 407 g/mol. The highest BCUT2D eigenvalue weighted by Crippen LogP contribution is 2.26. The zero-order valence-corrected chi connectivity index (χ0v) is 17.7. The predicted molar refractivity (Wildman–Crippen MR) is 114 cm³/mol. The number of nitrogens with zero attached hydrogens (tertiary/aromatic N) is 3. The Kier molecular flexibility index (Phi) is 5.43. The molecule has 1 aromatic heterocycles. The van der Waals surface area contributed by atoms with E-state index in [4.69, 9.17) is 9.84 Å². The molecule has 156 valence electrons. The van der Waals surface area contributed by atoms with Crippen LogP contribution in [0.3, 0.4) is 0 Å². The first-order valence-corrected chi connectivity index (χ1v) is 10.2. The molecule has 0 N–H and O–H groups in total. The van der Waals surface area contributed by atoms with Gasteiger partial charge in [-0.3, -0.25) is 4.79 Å². The van der Waals surface area contributed by atoms with E-state index in [0.717, 1.165) is 11.1 Å². The third-order valence-electron chi connectivity index (χ3n) is 5.51. The first kappa shape index (κ1) is 20.3. The summed E-state index contributed by atoms with van der Waals surface area (Å²) < 4.78 is 20.9. The molecule has 1 fully saturated rings. The highest BCUT2D eigenvalue weighted by atomic mass is 19.1. The first-order chi connectivity index (χ1) is 14.3. The Bertz CT molecular complexity index is 1060. The van der Waals surface area contributed by atoms with Crippen LogP contribution in [0, 0.1) is 19.7 Å². The van der Waals surface area contributed by atoms with Crippen LogP contribution < -0.4 is 0 Å². The van der Waals surface area contributed by atoms with Crippen LogP contribution in [0.5, 0.6) is 0 Å². The number of benzene rings is 2. The lowest BCUT2D eigenvalue weighted by atomic mass is 10.0. The minimum atomic E-state index is -0.330. The summed E-state index contributed by atoms with van der Waals surface area (Å²) in [6.07, 6.45) is -0.0572. The van der Waals surface area contributed by atoms with Gasteiger partial charge in [0, 0.05) is 18.7 Å². The Morgan fingerprint density at radius 2 is 1.67 bits per heavy atom. The smallest absolute Gasteiger partial charge is 0.272 e. The Morgan fingerprint density at radius 1 is 1.00 bits per heavy atom. The van der Waals surface area contributed by atoms with Crippen LogP contribution in [-0.4, -0.2) is 45.9 Å². The molecule has 2 unspecified atom stereocenters. The van der Waals surface area contributed by atoms with Gasteiger partial charge in [-0.05, 0) is 75.2 Å². The van der Waals surface area contributed by atoms with E-state index < -0.39 is 0 Å². The number of morpholine rings is 1. The number of hydrogen-bond acceptors (Lipinski definition) is 3. The highest BCUT2D eigenvalue weighted by Gasteiger charge is 2.29. The lowest BCUT2D eigenvalue weighted by Crippen LogP contribution is -2.48. The molecule has 0 bridgehead atoms. The zero-order chi connectivity index (χ0) is 21.4. The van der Waals surface area contributed by atoms with Crippen molar-refractivity contribution < 1.29 is 13.9 Å². The molecule has 3 aromatic rings. The summed E-state index contributed by atoms with van der Waals surface area (Å²) in [5, 5.41) is 4.72. The van der Waals surface area contributed by atoms with Gasteiger partial charge in [0.15, 0.2) is 0 Å². The van der Waals surface area contributed by atoms with Crippen molar-refractivity contribution in [1.29, 1.82) is 0 Å². The number of amides is 1. The van der Waals surface area contributed by atoms with Gasteiger partial charge in [-0.2, -0.15) is 5.10 Å². The van der Waals surface area contributed by atoms with Crippen LogP contribution in [0.15, 0.2) is 48.5 Å². The van der Waals surface area contributed by atoms with Crippen LogP contribution in [0.25, 0.3) is 16.9 Å². The second kappa shape index (κ2) is 8.03. The van der Waals surface area contributed by atoms with Crippen LogP contribution in [-0.2, 0) is 4.74 Å². The molecule has 1 aliphatic heterocycles. The van der Waals surface area contributed by atoms with E-state index >= 15 is 0 Å². The van der Waals surface area contributed by atoms with E-state index in [0.29, 0.717) is 30.2 Å². The third kappa shape index (κ3) is 4.00. The van der Waals surface area contributed by atoms with Crippen LogP contribution in [0.4, 0.5) is 4.39 Å². The fourth-order valence-electron chi connectivity index (χ4n) is 3.86. The van der Waals surface area contributed by atoms with Gasteiger partial charge in [0.25, 0.3) is 5.91 Å². The van der Waals surface area contributed by atoms with Gasteiger partial charge >= 0.3 is 0 Å². The maximum atomic E-state index is 13.5. The molecule has 30 heavy (non-hydrogen) atoms. The van der Waals surface area contributed by atoms with Gasteiger partial charge in [-0.25, -0.2) is 9.07 Å². The highest BCUT2D eigenvalue weighted by molar-refractivity contribution is 5.94. The molecule has 0 spiro atoms. The molecule has 0 aliphatic carbocycles. The minimum absolute atomic E-state index is 0.0286. The molecular weight excluding hydrogens is 381 g/mol. The van der Waals surface area contributed by atoms with Gasteiger partial charge in [0.05, 0.1) is 23.6 Å². The summed E-state index contributed by atoms with van der Waals surface area (Å²) >= 11 is 0. The van der Waals surface area contributed by atoms with E-state index in [2.05, 4.69) is 26.0 Å². The van der Waals surface area contributed by atoms with E-state index in [1.54, 1.807) is 21.7 Å². The van der Waals surface area contributed by atoms with Crippen molar-refractivity contribution in [1.82, 2.24) is 14.7 Å². The molecule has 1 saturated heterocycles. The second-order valence-corrected chi connectivity index (χ2v) is 8.07. The number of rotatable bonds is 3. The van der Waals surface area contributed by atoms with Crippen molar-refractivity contribution in [2.24, 2.45) is 0 Å². The van der Waals surface area contributed by atoms with Gasteiger partial charge in [0.2, 0.25) is 0 Å². The summed E-state index contributed by atoms with van der Waals surface area (Å²) in [7, 11) is 0. The number of hydrogen-bond donors (Lipinski definition) is 0. The van der Waals surface area contributed by atoms with Crippen LogP contribution >= 0.6 is 0 Å². The average molecular weight is 407 g/mol. The molecule has 0 radical (unpaired) electrons. The molecule has 2 atom stereocenters. The topological polar surface area (TPSA) is 47.4 Å². The minimum Gasteiger partial charge on any atom is -0.372 e. The van der Waals surface area contributed by atoms with E-state index in [-0.39, 0.29) is 23.9 Å². The molecular formula is C24H26FN3O2. The molecule has 1 amide bonds. The molecule has 5 nitrogen and oxygen atoms in total. The standard InChI is InChI=1S/C24H26FN3O2/c1-15-5-6-19(11-16(15)2)22-12-23(24(29)27-13-17(3)30-18(4)14-27)28(26-22)21-9-7-20(25)8-10-21/h5-12,17-18H,13-14H2,1-4H3. The van der Waals surface area contributed by atoms with Gasteiger partial charge in [-0.15, -0.1) is 0 Å². The Morgan fingerprint density at radius 3 is 2.30 bits per heavy atom. The van der Waals surface area contributed by atoms with E-state index in [9.17, 15) is 9.18 Å². The van der Waals surface area contributed by atoms with Crippen molar-refractivity contribution >= 4 is 5.91 Å². The van der Waals surface area contributed by atoms with Crippen molar-refractivity contribution in [3.63, 3.8) is 0 Å². The largest absolute Gasteiger partial charge is 0.372 e. The van der Waals surface area contributed by atoms with Crippen molar-refractivity contribution in [3.8, 4) is 16.9 Å². The lowest BCUT2D eigenvalue weighted by Gasteiger charge is -2.35. The molecule has 6 heteroatoms. The van der Waals surface area contributed by atoms with Gasteiger partial charge in [0.1, 0.15) is 11.5 Å². The summed E-state index contributed by atoms with van der Waals surface area (Å²) in [6, 6.07) is 14.0. The van der Waals surface area contributed by atoms with Crippen LogP contribution in [0.1, 0.15) is 35.5 Å². The summed E-state index contributed by atoms with van der Waals surface area (Å²) in [5.41, 5.74) is 5.11. The van der Waals surface area contributed by atoms with Crippen LogP contribution in [0.2, 0.25) is 0 Å². The molecule has 4 rings (SSSR count). The fraction of sp³-hybridized carbons (Fsp3) is 0.333. The number of carbonyl (C=O) groups is 1. The SMILES string of the molecule is Cc1ccc(-c2cc(C(=O)N3CC(C)OC(C)C3)n(-c3ccc(F)cc3)n2)cc1C. The Hall–Kier alpha value is -2.99. The van der Waals surface area contributed by atoms with Crippen molar-refractivity contribution in [2.45, 2.75) is 39.9 Å². The second-order valence-electron chi connectivity index (χ2n) is 8.07. The Labute approximate surface area is 176 Å². The molecule has 0 saturated carbocycles. The number of aryl methyl sites for hydroxylation is 2. The maximum Gasteiger partial charge on any atom is 0.272 e. The summed E-state index contributed by atoms with van der Waals surface area (Å²) in [6.45, 7) is 9.10. The average Bonchev–Trinajstić information content (AvgIpc) is 3.14. The normalized spacial score (nSPS) is 19.2. The third-order valence-corrected chi connectivity index (χ3v) is 5.51. The molecule has 1 aliphatic rings. The van der Waals surface area contributed by atoms with E-state index in [1.807, 2.05) is 26.0 Å². The molecule has 2 heterocycles. The first-order valence-electron chi connectivity index (χ1n) is 10.2. The van der Waals surface area contributed by atoms with Gasteiger partial charge in [-0.1, -0.05) is 12.1 Å². The Balaban J connectivity index is 1.79. The maximum absolute atomic E-state index is 13.5. The number of ether oxygens (including phenoxy) is 1. The zero-order valence-electron chi connectivity index (χ0n) is 17.7. The quantitative estimate of drug-likeness (QED) is 0.640. The lowest BCUT2D eigenvalue weighted by molar-refractivity contribution is -0.0588. The molecule has 2 aromatic carbocycles. The van der Waals surface area contributed by atoms with Crippen molar-refractivity contribution in [2.75, 3.05) is 13.1 Å². The van der Waals surface area contributed by atoms with Crippen molar-refractivity contribution in [3.05, 3.63) is 71.2 Å².